The van der Waals surface area contributed by atoms with Gasteiger partial charge < -0.3 is 15.3 Å². The Morgan fingerprint density at radius 1 is 1.15 bits per heavy atom. The van der Waals surface area contributed by atoms with E-state index in [-0.39, 0.29) is 11.8 Å². The number of aliphatic hydroxyl groups is 1. The summed E-state index contributed by atoms with van der Waals surface area (Å²) in [4.78, 5) is 31.4. The van der Waals surface area contributed by atoms with Crippen LogP contribution in [0.1, 0.15) is 82.4 Å². The van der Waals surface area contributed by atoms with E-state index in [2.05, 4.69) is 22.2 Å². The van der Waals surface area contributed by atoms with Gasteiger partial charge in [-0.3, -0.25) is 19.2 Å². The SMILES string of the molecule is CCCCN1C(=O)[C@@H](CC2(O)CCCCC2)NC(=O)C12CCN(Cc1c(C)nn(C)c1Cl)CC2. The lowest BCUT2D eigenvalue weighted by molar-refractivity contribution is -0.163. The average molecular weight is 494 g/mol. The number of unbranched alkanes of at least 4 members (excludes halogenated alkanes) is 1. The molecule has 0 radical (unpaired) electrons. The molecule has 3 heterocycles. The molecule has 1 aromatic rings. The summed E-state index contributed by atoms with van der Waals surface area (Å²) >= 11 is 6.44. The minimum absolute atomic E-state index is 0.0216. The Hall–Kier alpha value is -1.64. The van der Waals surface area contributed by atoms with Crippen LogP contribution in [0.4, 0.5) is 0 Å². The number of likely N-dealkylation sites (tertiary alicyclic amines) is 1. The number of carbonyl (C=O) groups is 2. The first-order valence-electron chi connectivity index (χ1n) is 12.9. The first kappa shape index (κ1) is 25.5. The van der Waals surface area contributed by atoms with Crippen molar-refractivity contribution >= 4 is 23.4 Å². The molecule has 2 saturated heterocycles. The highest BCUT2D eigenvalue weighted by atomic mass is 35.5. The number of halogens is 1. The number of aryl methyl sites for hydroxylation is 2. The fraction of sp³-hybridized carbons (Fsp3) is 0.800. The summed E-state index contributed by atoms with van der Waals surface area (Å²) in [5.41, 5.74) is 0.290. The van der Waals surface area contributed by atoms with Crippen molar-refractivity contribution < 1.29 is 14.7 Å². The Bertz CT molecular complexity index is 903. The fourth-order valence-electron chi connectivity index (χ4n) is 6.10. The molecular formula is C25H40ClN5O3. The second-order valence-corrected chi connectivity index (χ2v) is 11.0. The maximum absolute atomic E-state index is 13.7. The molecule has 1 aromatic heterocycles. The van der Waals surface area contributed by atoms with E-state index in [1.54, 1.807) is 4.68 Å². The van der Waals surface area contributed by atoms with Crippen LogP contribution in [0.25, 0.3) is 0 Å². The van der Waals surface area contributed by atoms with Crippen LogP contribution in [0.15, 0.2) is 0 Å². The van der Waals surface area contributed by atoms with Gasteiger partial charge in [0.25, 0.3) is 0 Å². The molecule has 2 aliphatic heterocycles. The molecule has 1 atom stereocenters. The standard InChI is InChI=1S/C25H40ClN5O3/c1-4-5-13-31-22(32)20(16-24(34)9-7-6-8-10-24)27-23(33)25(31)11-14-30(15-12-25)17-19-18(2)28-29(3)21(19)26/h20,34H,4-17H2,1-3H3,(H,27,33)/t20-/m1/s1. The van der Waals surface area contributed by atoms with Crippen molar-refractivity contribution in [2.75, 3.05) is 19.6 Å². The molecule has 9 heteroatoms. The normalized spacial score (nSPS) is 25.1. The summed E-state index contributed by atoms with van der Waals surface area (Å²) in [5, 5.41) is 19.2. The maximum atomic E-state index is 13.7. The third-order valence-electron chi connectivity index (χ3n) is 8.25. The Morgan fingerprint density at radius 3 is 2.41 bits per heavy atom. The topological polar surface area (TPSA) is 90.7 Å². The number of piperazine rings is 1. The summed E-state index contributed by atoms with van der Waals surface area (Å²) in [5.74, 6) is -0.0745. The van der Waals surface area contributed by atoms with Crippen LogP contribution in [-0.2, 0) is 23.2 Å². The zero-order valence-electron chi connectivity index (χ0n) is 20.9. The van der Waals surface area contributed by atoms with Gasteiger partial charge >= 0.3 is 0 Å². The molecule has 4 rings (SSSR count). The van der Waals surface area contributed by atoms with Crippen molar-refractivity contribution in [3.63, 3.8) is 0 Å². The lowest BCUT2D eigenvalue weighted by Crippen LogP contribution is -2.73. The van der Waals surface area contributed by atoms with Crippen LogP contribution in [0.5, 0.6) is 0 Å². The highest BCUT2D eigenvalue weighted by Crippen LogP contribution is 2.38. The number of aromatic nitrogens is 2. The number of amides is 2. The zero-order chi connectivity index (χ0) is 24.5. The van der Waals surface area contributed by atoms with Gasteiger partial charge in [0.2, 0.25) is 11.8 Å². The highest BCUT2D eigenvalue weighted by Gasteiger charge is 2.54. The number of carbonyl (C=O) groups excluding carboxylic acids is 2. The quantitative estimate of drug-likeness (QED) is 0.609. The highest BCUT2D eigenvalue weighted by molar-refractivity contribution is 6.30. The van der Waals surface area contributed by atoms with E-state index >= 15 is 0 Å². The molecule has 34 heavy (non-hydrogen) atoms. The lowest BCUT2D eigenvalue weighted by atomic mass is 9.77. The number of piperidine rings is 1. The van der Waals surface area contributed by atoms with Gasteiger partial charge in [-0.25, -0.2) is 0 Å². The van der Waals surface area contributed by atoms with Gasteiger partial charge in [-0.15, -0.1) is 0 Å². The maximum Gasteiger partial charge on any atom is 0.246 e. The number of hydrogen-bond acceptors (Lipinski definition) is 5. The van der Waals surface area contributed by atoms with Gasteiger partial charge in [-0.05, 0) is 39.0 Å². The smallest absolute Gasteiger partial charge is 0.246 e. The predicted octanol–water partition coefficient (Wildman–Crippen LogP) is 2.93. The van der Waals surface area contributed by atoms with E-state index in [0.717, 1.165) is 43.4 Å². The van der Waals surface area contributed by atoms with Gasteiger partial charge in [0, 0.05) is 45.2 Å². The van der Waals surface area contributed by atoms with E-state index in [1.807, 2.05) is 18.9 Å². The third kappa shape index (κ3) is 4.86. The van der Waals surface area contributed by atoms with Crippen LogP contribution in [-0.4, -0.2) is 73.3 Å². The molecule has 0 unspecified atom stereocenters. The summed E-state index contributed by atoms with van der Waals surface area (Å²) in [6.45, 7) is 6.77. The van der Waals surface area contributed by atoms with Crippen molar-refractivity contribution in [2.24, 2.45) is 7.05 Å². The van der Waals surface area contributed by atoms with Gasteiger partial charge in [0.1, 0.15) is 16.7 Å². The molecular weight excluding hydrogens is 454 g/mol. The number of hydrogen-bond donors (Lipinski definition) is 2. The average Bonchev–Trinajstić information content (AvgIpc) is 3.05. The molecule has 3 aliphatic rings. The number of nitrogens with one attached hydrogen (secondary N) is 1. The van der Waals surface area contributed by atoms with E-state index in [1.165, 1.54) is 0 Å². The molecule has 3 fully saturated rings. The molecule has 1 spiro atoms. The van der Waals surface area contributed by atoms with Crippen LogP contribution in [0, 0.1) is 6.92 Å². The van der Waals surface area contributed by atoms with Crippen LogP contribution >= 0.6 is 11.6 Å². The first-order chi connectivity index (χ1) is 16.2. The predicted molar refractivity (Wildman–Crippen MR) is 131 cm³/mol. The molecule has 1 saturated carbocycles. The van der Waals surface area contributed by atoms with Gasteiger partial charge in [-0.1, -0.05) is 44.2 Å². The molecule has 2 N–H and O–H groups in total. The lowest BCUT2D eigenvalue weighted by Gasteiger charge is -2.52. The molecule has 0 bridgehead atoms. The van der Waals surface area contributed by atoms with Crippen molar-refractivity contribution in [1.82, 2.24) is 24.9 Å². The number of rotatable bonds is 7. The summed E-state index contributed by atoms with van der Waals surface area (Å²) in [6.07, 6.45) is 7.84. The van der Waals surface area contributed by atoms with Gasteiger partial charge in [0.15, 0.2) is 0 Å². The third-order valence-corrected chi connectivity index (χ3v) is 8.72. The Labute approximate surface area is 208 Å². The molecule has 0 aromatic carbocycles. The number of nitrogens with zero attached hydrogens (tertiary/aromatic N) is 4. The van der Waals surface area contributed by atoms with Crippen LogP contribution < -0.4 is 5.32 Å². The van der Waals surface area contributed by atoms with E-state index in [9.17, 15) is 14.7 Å². The van der Waals surface area contributed by atoms with Crippen LogP contribution in [0.3, 0.4) is 0 Å². The Morgan fingerprint density at radius 2 is 1.82 bits per heavy atom. The zero-order valence-corrected chi connectivity index (χ0v) is 21.7. The summed E-state index contributed by atoms with van der Waals surface area (Å²) in [6, 6.07) is -0.632. The van der Waals surface area contributed by atoms with Gasteiger partial charge in [-0.2, -0.15) is 5.10 Å². The monoisotopic (exact) mass is 493 g/mol. The minimum atomic E-state index is -0.850. The molecule has 8 nitrogen and oxygen atoms in total. The second kappa shape index (κ2) is 10.2. The second-order valence-electron chi connectivity index (χ2n) is 10.6. The van der Waals surface area contributed by atoms with Crippen LogP contribution in [0.2, 0.25) is 5.15 Å². The summed E-state index contributed by atoms with van der Waals surface area (Å²) < 4.78 is 1.69. The minimum Gasteiger partial charge on any atom is -0.390 e. The van der Waals surface area contributed by atoms with E-state index < -0.39 is 17.2 Å². The van der Waals surface area contributed by atoms with Gasteiger partial charge in [0.05, 0.1) is 11.3 Å². The van der Waals surface area contributed by atoms with Crippen molar-refractivity contribution in [3.05, 3.63) is 16.4 Å². The van der Waals surface area contributed by atoms with E-state index in [4.69, 9.17) is 11.6 Å². The first-order valence-corrected chi connectivity index (χ1v) is 13.3. The Balaban J connectivity index is 1.48. The fourth-order valence-corrected chi connectivity index (χ4v) is 6.34. The molecule has 1 aliphatic carbocycles. The van der Waals surface area contributed by atoms with Crippen molar-refractivity contribution in [2.45, 2.75) is 102 Å². The van der Waals surface area contributed by atoms with Crippen molar-refractivity contribution in [1.29, 1.82) is 0 Å². The largest absolute Gasteiger partial charge is 0.390 e. The van der Waals surface area contributed by atoms with Crippen molar-refractivity contribution in [3.8, 4) is 0 Å². The van der Waals surface area contributed by atoms with E-state index in [0.29, 0.717) is 63.4 Å². The molecule has 2 amide bonds. The molecule has 190 valence electrons. The summed E-state index contributed by atoms with van der Waals surface area (Å²) in [7, 11) is 1.84. The Kier molecular flexibility index (Phi) is 7.60.